The highest BCUT2D eigenvalue weighted by atomic mass is 35.5. The van der Waals surface area contributed by atoms with Crippen molar-refractivity contribution in [1.82, 2.24) is 15.8 Å². The van der Waals surface area contributed by atoms with Crippen molar-refractivity contribution >= 4 is 17.6 Å². The fourth-order valence-electron chi connectivity index (χ4n) is 4.18. The summed E-state index contributed by atoms with van der Waals surface area (Å²) in [5.74, 6) is 2.50. The van der Waals surface area contributed by atoms with Gasteiger partial charge in [-0.05, 0) is 37.5 Å². The lowest BCUT2D eigenvalue weighted by molar-refractivity contribution is 0.0505. The van der Waals surface area contributed by atoms with Crippen LogP contribution in [0.4, 0.5) is 0 Å². The molecule has 1 fully saturated rings. The fourth-order valence-corrected chi connectivity index (χ4v) is 4.35. The summed E-state index contributed by atoms with van der Waals surface area (Å²) in [5, 5.41) is 11.8. The van der Waals surface area contributed by atoms with Crippen LogP contribution < -0.4 is 15.4 Å². The van der Waals surface area contributed by atoms with Crippen LogP contribution in [0.2, 0.25) is 5.02 Å². The first-order chi connectivity index (χ1) is 15.1. The van der Waals surface area contributed by atoms with Crippen LogP contribution in [-0.4, -0.2) is 45.0 Å². The molecule has 1 aliphatic heterocycles. The van der Waals surface area contributed by atoms with Gasteiger partial charge in [-0.3, -0.25) is 4.99 Å². The first-order valence-electron chi connectivity index (χ1n) is 10.9. The Balaban J connectivity index is 1.76. The minimum atomic E-state index is -0.160. The van der Waals surface area contributed by atoms with Gasteiger partial charge in [-0.15, -0.1) is 0 Å². The van der Waals surface area contributed by atoms with Gasteiger partial charge in [0.2, 0.25) is 0 Å². The molecule has 0 saturated carbocycles. The van der Waals surface area contributed by atoms with Crippen molar-refractivity contribution in [2.24, 2.45) is 4.99 Å². The van der Waals surface area contributed by atoms with E-state index in [1.54, 1.807) is 14.2 Å². The number of aryl methyl sites for hydroxylation is 2. The molecular formula is C23H33ClN4O3. The molecule has 3 rings (SSSR count). The van der Waals surface area contributed by atoms with Crippen LogP contribution in [0.1, 0.15) is 49.3 Å². The molecule has 0 unspecified atom stereocenters. The molecule has 0 spiro atoms. The molecule has 0 radical (unpaired) electrons. The summed E-state index contributed by atoms with van der Waals surface area (Å²) in [6, 6.07) is 5.81. The molecule has 31 heavy (non-hydrogen) atoms. The highest BCUT2D eigenvalue weighted by Crippen LogP contribution is 2.40. The minimum Gasteiger partial charge on any atom is -0.496 e. The van der Waals surface area contributed by atoms with Gasteiger partial charge in [-0.1, -0.05) is 30.6 Å². The predicted molar refractivity (Wildman–Crippen MR) is 123 cm³/mol. The second-order valence-corrected chi connectivity index (χ2v) is 8.19. The van der Waals surface area contributed by atoms with Crippen LogP contribution in [0, 0.1) is 0 Å². The van der Waals surface area contributed by atoms with E-state index < -0.39 is 0 Å². The molecule has 0 amide bonds. The van der Waals surface area contributed by atoms with Gasteiger partial charge in [-0.25, -0.2) is 0 Å². The first kappa shape index (κ1) is 23.4. The first-order valence-corrected chi connectivity index (χ1v) is 11.3. The second kappa shape index (κ2) is 10.9. The zero-order chi connectivity index (χ0) is 22.3. The van der Waals surface area contributed by atoms with Gasteiger partial charge in [-0.2, -0.15) is 0 Å². The minimum absolute atomic E-state index is 0.160. The fraction of sp³-hybridized carbons (Fsp3) is 0.565. The van der Waals surface area contributed by atoms with Crippen LogP contribution in [0.15, 0.2) is 27.7 Å². The topological polar surface area (TPSA) is 80.9 Å². The van der Waals surface area contributed by atoms with E-state index in [4.69, 9.17) is 25.6 Å². The molecule has 8 heteroatoms. The number of halogens is 1. The van der Waals surface area contributed by atoms with Gasteiger partial charge < -0.3 is 24.6 Å². The Bertz CT molecular complexity index is 869. The molecule has 0 aliphatic carbocycles. The number of hydrogen-bond acceptors (Lipinski definition) is 5. The average molecular weight is 449 g/mol. The maximum atomic E-state index is 6.35. The highest BCUT2D eigenvalue weighted by Gasteiger charge is 2.37. The molecule has 0 bridgehead atoms. The number of nitrogens with one attached hydrogen (secondary N) is 2. The number of benzene rings is 1. The molecule has 2 aromatic rings. The van der Waals surface area contributed by atoms with E-state index in [0.29, 0.717) is 31.3 Å². The predicted octanol–water partition coefficient (Wildman–Crippen LogP) is 3.87. The average Bonchev–Trinajstić information content (AvgIpc) is 3.21. The number of aliphatic imine (C=N–C) groups is 1. The Morgan fingerprint density at radius 3 is 2.65 bits per heavy atom. The number of hydrogen-bond donors (Lipinski definition) is 2. The summed E-state index contributed by atoms with van der Waals surface area (Å²) in [4.78, 5) is 4.42. The van der Waals surface area contributed by atoms with Crippen LogP contribution in [0.5, 0.6) is 5.75 Å². The van der Waals surface area contributed by atoms with Gasteiger partial charge in [0.1, 0.15) is 11.5 Å². The van der Waals surface area contributed by atoms with Crippen molar-refractivity contribution < 1.29 is 14.0 Å². The molecule has 170 valence electrons. The van der Waals surface area contributed by atoms with E-state index >= 15 is 0 Å². The van der Waals surface area contributed by atoms with Gasteiger partial charge >= 0.3 is 0 Å². The van der Waals surface area contributed by atoms with Crippen molar-refractivity contribution in [3.63, 3.8) is 0 Å². The van der Waals surface area contributed by atoms with E-state index in [1.165, 1.54) is 0 Å². The van der Waals surface area contributed by atoms with Crippen LogP contribution in [0.3, 0.4) is 0 Å². The Hall–Kier alpha value is -2.25. The van der Waals surface area contributed by atoms with Gasteiger partial charge in [0, 0.05) is 61.3 Å². The number of ether oxygens (including phenoxy) is 2. The van der Waals surface area contributed by atoms with Crippen molar-refractivity contribution in [2.75, 3.05) is 33.9 Å². The Kier molecular flexibility index (Phi) is 8.21. The molecule has 1 saturated heterocycles. The van der Waals surface area contributed by atoms with E-state index in [1.807, 2.05) is 18.2 Å². The molecule has 1 aromatic carbocycles. The van der Waals surface area contributed by atoms with Gasteiger partial charge in [0.05, 0.1) is 12.8 Å². The van der Waals surface area contributed by atoms with Crippen molar-refractivity contribution in [3.05, 3.63) is 45.8 Å². The summed E-state index contributed by atoms with van der Waals surface area (Å²) in [5.41, 5.74) is 3.05. The summed E-state index contributed by atoms with van der Waals surface area (Å²) in [6.45, 7) is 6.86. The zero-order valence-electron chi connectivity index (χ0n) is 18.9. The molecule has 2 heterocycles. The Morgan fingerprint density at radius 1 is 1.23 bits per heavy atom. The normalized spacial score (nSPS) is 16.2. The zero-order valence-corrected chi connectivity index (χ0v) is 19.6. The van der Waals surface area contributed by atoms with Crippen LogP contribution >= 0.6 is 11.6 Å². The summed E-state index contributed by atoms with van der Waals surface area (Å²) in [7, 11) is 3.48. The third-order valence-electron chi connectivity index (χ3n) is 6.04. The number of nitrogens with zero attached hydrogens (tertiary/aromatic N) is 2. The van der Waals surface area contributed by atoms with Gasteiger partial charge in [0.25, 0.3) is 0 Å². The number of rotatable bonds is 8. The van der Waals surface area contributed by atoms with E-state index in [-0.39, 0.29) is 5.41 Å². The highest BCUT2D eigenvalue weighted by molar-refractivity contribution is 6.30. The summed E-state index contributed by atoms with van der Waals surface area (Å²) < 4.78 is 16.8. The van der Waals surface area contributed by atoms with E-state index in [0.717, 1.165) is 60.0 Å². The molecule has 0 atom stereocenters. The van der Waals surface area contributed by atoms with Crippen molar-refractivity contribution in [2.45, 2.75) is 51.5 Å². The van der Waals surface area contributed by atoms with Crippen LogP contribution in [-0.2, 0) is 29.5 Å². The monoisotopic (exact) mass is 448 g/mol. The summed E-state index contributed by atoms with van der Waals surface area (Å²) in [6.07, 6.45) is 3.40. The lowest BCUT2D eigenvalue weighted by atomic mass is 9.73. The molecule has 7 nitrogen and oxygen atoms in total. The van der Waals surface area contributed by atoms with Gasteiger partial charge in [0.15, 0.2) is 5.96 Å². The molecule has 1 aliphatic rings. The number of aromatic nitrogens is 1. The lowest BCUT2D eigenvalue weighted by Crippen LogP contribution is -2.48. The Labute approximate surface area is 189 Å². The largest absolute Gasteiger partial charge is 0.496 e. The maximum Gasteiger partial charge on any atom is 0.191 e. The second-order valence-electron chi connectivity index (χ2n) is 7.75. The Morgan fingerprint density at radius 2 is 2.00 bits per heavy atom. The quantitative estimate of drug-likeness (QED) is 0.471. The smallest absolute Gasteiger partial charge is 0.191 e. The van der Waals surface area contributed by atoms with Crippen LogP contribution in [0.25, 0.3) is 0 Å². The van der Waals surface area contributed by atoms with Crippen molar-refractivity contribution in [1.29, 1.82) is 0 Å². The molecular weight excluding hydrogens is 416 g/mol. The third-order valence-corrected chi connectivity index (χ3v) is 6.28. The summed E-state index contributed by atoms with van der Waals surface area (Å²) >= 11 is 6.35. The standard InChI is InChI=1S/C23H33ClN4O3/c1-5-19-17(20(6-2)31-28-19)14-26-22(25-3)27-15-23(9-11-30-12-10-23)18-13-16(24)7-8-21(18)29-4/h7-8,13H,5-6,9-12,14-15H2,1-4H3,(H2,25,26,27). The molecule has 2 N–H and O–H groups in total. The molecule has 1 aromatic heterocycles. The van der Waals surface area contributed by atoms with E-state index in [9.17, 15) is 0 Å². The SMILES string of the molecule is CCc1noc(CC)c1CNC(=NC)NCC1(c2cc(Cl)ccc2OC)CCOCC1. The third kappa shape index (κ3) is 5.33. The number of methoxy groups -OCH3 is 1. The lowest BCUT2D eigenvalue weighted by Gasteiger charge is -2.39. The van der Waals surface area contributed by atoms with Crippen molar-refractivity contribution in [3.8, 4) is 5.75 Å². The maximum absolute atomic E-state index is 6.35. The number of guanidine groups is 1. The van der Waals surface area contributed by atoms with E-state index in [2.05, 4.69) is 34.6 Å².